The molecule has 1 fully saturated rings. The smallest absolute Gasteiger partial charge is 0.416 e. The number of alkyl halides is 3. The van der Waals surface area contributed by atoms with E-state index in [1.54, 1.807) is 43.8 Å². The summed E-state index contributed by atoms with van der Waals surface area (Å²) in [6.07, 6.45) is -3.52. The minimum absolute atomic E-state index is 0.221. The molecular weight excluding hydrogens is 493 g/mol. The van der Waals surface area contributed by atoms with Crippen molar-refractivity contribution < 1.29 is 27.5 Å². The SMILES string of the molecule is CCOC(=O)C1=C(C)N=C2SCCCN2C1c1cccc(NC(=O)Nc2ccc(C(F)(F)F)cc2)c1. The third-order valence-corrected chi connectivity index (χ3v) is 6.76. The molecule has 0 bridgehead atoms. The van der Waals surface area contributed by atoms with Gasteiger partial charge in [-0.3, -0.25) is 0 Å². The minimum atomic E-state index is -4.45. The molecule has 2 aromatic carbocycles. The average Bonchev–Trinajstić information content (AvgIpc) is 2.83. The van der Waals surface area contributed by atoms with Crippen LogP contribution in [0.5, 0.6) is 0 Å². The lowest BCUT2D eigenvalue weighted by atomic mass is 9.94. The highest BCUT2D eigenvalue weighted by atomic mass is 32.2. The first kappa shape index (κ1) is 25.6. The number of aliphatic imine (C=N–C) groups is 1. The second kappa shape index (κ2) is 10.7. The molecule has 1 atom stereocenters. The molecule has 7 nitrogen and oxygen atoms in total. The van der Waals surface area contributed by atoms with Crippen LogP contribution < -0.4 is 10.6 Å². The molecule has 0 aromatic heterocycles. The van der Waals surface area contributed by atoms with E-state index >= 15 is 0 Å². The molecule has 2 heterocycles. The fourth-order valence-corrected chi connectivity index (χ4v) is 5.13. The lowest BCUT2D eigenvalue weighted by Gasteiger charge is -2.40. The van der Waals surface area contributed by atoms with Gasteiger partial charge in [-0.2, -0.15) is 13.2 Å². The molecule has 4 rings (SSSR count). The fraction of sp³-hybridized carbons (Fsp3) is 0.320. The second-order valence-electron chi connectivity index (χ2n) is 8.19. The third kappa shape index (κ3) is 5.67. The lowest BCUT2D eigenvalue weighted by Crippen LogP contribution is -2.42. The molecule has 2 N–H and O–H groups in total. The largest absolute Gasteiger partial charge is 0.463 e. The van der Waals surface area contributed by atoms with Crippen molar-refractivity contribution in [3.8, 4) is 0 Å². The molecule has 1 saturated heterocycles. The van der Waals surface area contributed by atoms with Gasteiger partial charge >= 0.3 is 18.2 Å². The number of thioether (sulfide) groups is 1. The molecule has 0 aliphatic carbocycles. The molecule has 0 radical (unpaired) electrons. The van der Waals surface area contributed by atoms with Gasteiger partial charge in [0.15, 0.2) is 5.17 Å². The Morgan fingerprint density at radius 3 is 2.56 bits per heavy atom. The van der Waals surface area contributed by atoms with E-state index in [1.165, 1.54) is 12.1 Å². The summed E-state index contributed by atoms with van der Waals surface area (Å²) >= 11 is 1.63. The van der Waals surface area contributed by atoms with Crippen LogP contribution in [0.3, 0.4) is 0 Å². The Balaban J connectivity index is 1.56. The Morgan fingerprint density at radius 2 is 1.86 bits per heavy atom. The molecule has 11 heteroatoms. The number of carbonyl (C=O) groups is 2. The van der Waals surface area contributed by atoms with E-state index in [4.69, 9.17) is 4.74 Å². The number of allylic oxidation sites excluding steroid dienone is 1. The first-order valence-corrected chi connectivity index (χ1v) is 12.4. The number of urea groups is 1. The molecule has 2 amide bonds. The Kier molecular flexibility index (Phi) is 7.58. The van der Waals surface area contributed by atoms with E-state index in [0.29, 0.717) is 17.0 Å². The van der Waals surface area contributed by atoms with Gasteiger partial charge in [0, 0.05) is 23.7 Å². The molecule has 190 valence electrons. The first-order valence-electron chi connectivity index (χ1n) is 11.4. The Bertz CT molecular complexity index is 1210. The molecule has 36 heavy (non-hydrogen) atoms. The summed E-state index contributed by atoms with van der Waals surface area (Å²) < 4.78 is 43.6. The van der Waals surface area contributed by atoms with Crippen molar-refractivity contribution in [3.63, 3.8) is 0 Å². The summed E-state index contributed by atoms with van der Waals surface area (Å²) in [5, 5.41) is 6.08. The molecule has 0 spiro atoms. The molecule has 2 aromatic rings. The van der Waals surface area contributed by atoms with E-state index in [2.05, 4.69) is 20.5 Å². The van der Waals surface area contributed by atoms with Crippen LogP contribution >= 0.6 is 11.8 Å². The van der Waals surface area contributed by atoms with Crippen LogP contribution in [0, 0.1) is 0 Å². The van der Waals surface area contributed by atoms with Gasteiger partial charge in [0.2, 0.25) is 0 Å². The molecule has 1 unspecified atom stereocenters. The summed E-state index contributed by atoms with van der Waals surface area (Å²) in [6.45, 7) is 4.49. The normalized spacial score (nSPS) is 17.8. The fourth-order valence-electron chi connectivity index (χ4n) is 4.11. The van der Waals surface area contributed by atoms with Crippen LogP contribution in [-0.2, 0) is 15.7 Å². The number of ether oxygens (including phenoxy) is 1. The number of rotatable bonds is 5. The van der Waals surface area contributed by atoms with Crippen molar-refractivity contribution in [2.45, 2.75) is 32.5 Å². The van der Waals surface area contributed by atoms with Crippen LogP contribution in [0.25, 0.3) is 0 Å². The number of esters is 1. The van der Waals surface area contributed by atoms with E-state index in [-0.39, 0.29) is 12.3 Å². The maximum Gasteiger partial charge on any atom is 0.416 e. The number of amidine groups is 1. The van der Waals surface area contributed by atoms with Crippen molar-refractivity contribution in [2.75, 3.05) is 29.5 Å². The van der Waals surface area contributed by atoms with Gasteiger partial charge in [-0.15, -0.1) is 0 Å². The number of carbonyl (C=O) groups excluding carboxylic acids is 2. The van der Waals surface area contributed by atoms with Crippen molar-refractivity contribution in [1.29, 1.82) is 0 Å². The van der Waals surface area contributed by atoms with Gasteiger partial charge in [0.1, 0.15) is 0 Å². The van der Waals surface area contributed by atoms with E-state index < -0.39 is 29.8 Å². The summed E-state index contributed by atoms with van der Waals surface area (Å²) in [6, 6.07) is 10.3. The van der Waals surface area contributed by atoms with Crippen LogP contribution in [0.4, 0.5) is 29.3 Å². The average molecular weight is 519 g/mol. The van der Waals surface area contributed by atoms with Crippen LogP contribution in [-0.4, -0.2) is 41.0 Å². The highest BCUT2D eigenvalue weighted by Crippen LogP contribution is 2.40. The first-order chi connectivity index (χ1) is 17.2. The summed E-state index contributed by atoms with van der Waals surface area (Å²) in [5.41, 5.74) is 1.71. The van der Waals surface area contributed by atoms with Crippen LogP contribution in [0.1, 0.15) is 37.4 Å². The zero-order chi connectivity index (χ0) is 25.9. The number of hydrogen-bond donors (Lipinski definition) is 2. The second-order valence-corrected chi connectivity index (χ2v) is 9.25. The number of benzene rings is 2. The van der Waals surface area contributed by atoms with Crippen LogP contribution in [0.2, 0.25) is 0 Å². The van der Waals surface area contributed by atoms with Crippen molar-refractivity contribution in [1.82, 2.24) is 4.90 Å². The third-order valence-electron chi connectivity index (χ3n) is 5.68. The predicted molar refractivity (Wildman–Crippen MR) is 134 cm³/mol. The number of hydrogen-bond acceptors (Lipinski definition) is 6. The highest BCUT2D eigenvalue weighted by molar-refractivity contribution is 8.13. The number of amides is 2. The molecular formula is C25H25F3N4O3S. The van der Waals surface area contributed by atoms with Gasteiger partial charge in [0.05, 0.1) is 29.5 Å². The molecule has 0 saturated carbocycles. The van der Waals surface area contributed by atoms with Crippen LogP contribution in [0.15, 0.2) is 64.8 Å². The van der Waals surface area contributed by atoms with Gasteiger partial charge in [0.25, 0.3) is 0 Å². The zero-order valence-corrected chi connectivity index (χ0v) is 20.5. The van der Waals surface area contributed by atoms with Crippen molar-refractivity contribution in [3.05, 3.63) is 70.9 Å². The Morgan fingerprint density at radius 1 is 1.14 bits per heavy atom. The monoisotopic (exact) mass is 518 g/mol. The predicted octanol–water partition coefficient (Wildman–Crippen LogP) is 6.04. The van der Waals surface area contributed by atoms with Crippen molar-refractivity contribution in [2.24, 2.45) is 4.99 Å². The standard InChI is InChI=1S/C25H25F3N4O3S/c1-3-35-22(33)20-15(2)29-24-32(12-5-13-36-24)21(20)16-6-4-7-19(14-16)31-23(34)30-18-10-8-17(9-11-18)25(26,27)28/h4,6-11,14,21H,3,5,12-13H2,1-2H3,(H2,30,31,34). The number of nitrogens with zero attached hydrogens (tertiary/aromatic N) is 2. The van der Waals surface area contributed by atoms with Gasteiger partial charge in [-0.1, -0.05) is 23.9 Å². The quantitative estimate of drug-likeness (QED) is 0.472. The maximum atomic E-state index is 12.9. The van der Waals surface area contributed by atoms with Gasteiger partial charge in [-0.25, -0.2) is 14.6 Å². The topological polar surface area (TPSA) is 83.0 Å². The van der Waals surface area contributed by atoms with Gasteiger partial charge in [-0.05, 0) is 62.2 Å². The maximum absolute atomic E-state index is 12.9. The number of halogens is 3. The summed E-state index contributed by atoms with van der Waals surface area (Å²) in [7, 11) is 0. The number of anilines is 2. The molecule has 2 aliphatic heterocycles. The van der Waals surface area contributed by atoms with E-state index in [0.717, 1.165) is 41.6 Å². The summed E-state index contributed by atoms with van der Waals surface area (Å²) in [5.74, 6) is 0.507. The minimum Gasteiger partial charge on any atom is -0.463 e. The lowest BCUT2D eigenvalue weighted by molar-refractivity contribution is -0.139. The number of nitrogens with one attached hydrogen (secondary N) is 2. The zero-order valence-electron chi connectivity index (χ0n) is 19.7. The van der Waals surface area contributed by atoms with Crippen molar-refractivity contribution >= 4 is 40.3 Å². The van der Waals surface area contributed by atoms with Gasteiger partial charge < -0.3 is 20.3 Å². The Hall–Kier alpha value is -3.47. The number of fused-ring (bicyclic) bond motifs is 1. The van der Waals surface area contributed by atoms with E-state index in [1.807, 2.05) is 6.07 Å². The molecule has 2 aliphatic rings. The highest BCUT2D eigenvalue weighted by Gasteiger charge is 2.38. The summed E-state index contributed by atoms with van der Waals surface area (Å²) in [4.78, 5) is 32.1. The Labute approximate surface area is 210 Å². The van der Waals surface area contributed by atoms with E-state index in [9.17, 15) is 22.8 Å².